The standard InChI is InChI=1S/C15H11ClO2/c1-7-8(2)14(17)12-11(13(7)16)9-5-3-4-6-10(9)15(12)18/h3-6,17H,1-2H3. The van der Waals surface area contributed by atoms with Gasteiger partial charge in [-0.15, -0.1) is 0 Å². The Morgan fingerprint density at radius 1 is 1.00 bits per heavy atom. The van der Waals surface area contributed by atoms with Crippen LogP contribution in [0.5, 0.6) is 5.75 Å². The molecule has 3 rings (SSSR count). The van der Waals surface area contributed by atoms with Crippen molar-refractivity contribution in [2.75, 3.05) is 0 Å². The van der Waals surface area contributed by atoms with Crippen LogP contribution in [0.1, 0.15) is 27.0 Å². The predicted molar refractivity (Wildman–Crippen MR) is 71.5 cm³/mol. The summed E-state index contributed by atoms with van der Waals surface area (Å²) in [4.78, 5) is 12.3. The van der Waals surface area contributed by atoms with Gasteiger partial charge in [0.2, 0.25) is 0 Å². The van der Waals surface area contributed by atoms with Gasteiger partial charge in [0.15, 0.2) is 5.78 Å². The van der Waals surface area contributed by atoms with Crippen molar-refractivity contribution in [3.05, 3.63) is 51.5 Å². The minimum atomic E-state index is -0.150. The Labute approximate surface area is 110 Å². The molecule has 2 nitrogen and oxygen atoms in total. The third kappa shape index (κ3) is 1.21. The van der Waals surface area contributed by atoms with Crippen LogP contribution in [-0.4, -0.2) is 10.9 Å². The van der Waals surface area contributed by atoms with Gasteiger partial charge in [-0.3, -0.25) is 4.79 Å². The summed E-state index contributed by atoms with van der Waals surface area (Å²) in [6.45, 7) is 3.62. The Morgan fingerprint density at radius 3 is 2.28 bits per heavy atom. The zero-order valence-electron chi connectivity index (χ0n) is 10.0. The highest BCUT2D eigenvalue weighted by atomic mass is 35.5. The largest absolute Gasteiger partial charge is 0.507 e. The molecular formula is C15H11ClO2. The van der Waals surface area contributed by atoms with Crippen molar-refractivity contribution >= 4 is 17.4 Å². The Kier molecular flexibility index (Phi) is 2.26. The third-order valence-corrected chi connectivity index (χ3v) is 4.09. The maximum absolute atomic E-state index is 12.3. The topological polar surface area (TPSA) is 37.3 Å². The molecular weight excluding hydrogens is 248 g/mol. The van der Waals surface area contributed by atoms with E-state index in [4.69, 9.17) is 11.6 Å². The predicted octanol–water partition coefficient (Wildman–Crippen LogP) is 3.87. The summed E-state index contributed by atoms with van der Waals surface area (Å²) in [6, 6.07) is 7.30. The number of aromatic hydroxyl groups is 1. The van der Waals surface area contributed by atoms with Crippen LogP contribution >= 0.6 is 11.6 Å². The van der Waals surface area contributed by atoms with Gasteiger partial charge in [-0.2, -0.15) is 0 Å². The van der Waals surface area contributed by atoms with Gasteiger partial charge < -0.3 is 5.11 Å². The van der Waals surface area contributed by atoms with Gasteiger partial charge in [-0.1, -0.05) is 35.9 Å². The SMILES string of the molecule is Cc1c(C)c(Cl)c2c(c1O)C(=O)c1ccccc1-2. The molecule has 1 N–H and O–H groups in total. The lowest BCUT2D eigenvalue weighted by molar-refractivity contribution is 0.104. The zero-order chi connectivity index (χ0) is 13.0. The summed E-state index contributed by atoms with van der Waals surface area (Å²) in [7, 11) is 0. The van der Waals surface area contributed by atoms with E-state index in [9.17, 15) is 9.90 Å². The Hall–Kier alpha value is -1.80. The fourth-order valence-corrected chi connectivity index (χ4v) is 2.79. The molecule has 0 saturated heterocycles. The van der Waals surface area contributed by atoms with E-state index in [1.54, 1.807) is 13.0 Å². The first-order valence-corrected chi connectivity index (χ1v) is 6.07. The zero-order valence-corrected chi connectivity index (χ0v) is 10.8. The number of hydrogen-bond acceptors (Lipinski definition) is 2. The first-order chi connectivity index (χ1) is 8.54. The van der Waals surface area contributed by atoms with Crippen LogP contribution in [0.2, 0.25) is 5.02 Å². The van der Waals surface area contributed by atoms with Gasteiger partial charge in [-0.25, -0.2) is 0 Å². The van der Waals surface area contributed by atoms with Crippen LogP contribution in [-0.2, 0) is 0 Å². The van der Waals surface area contributed by atoms with E-state index in [-0.39, 0.29) is 11.5 Å². The molecule has 18 heavy (non-hydrogen) atoms. The maximum Gasteiger partial charge on any atom is 0.198 e. The number of benzene rings is 2. The highest BCUT2D eigenvalue weighted by Gasteiger charge is 2.33. The van der Waals surface area contributed by atoms with E-state index in [0.717, 1.165) is 11.1 Å². The van der Waals surface area contributed by atoms with E-state index < -0.39 is 0 Å². The van der Waals surface area contributed by atoms with Crippen LogP contribution < -0.4 is 0 Å². The summed E-state index contributed by atoms with van der Waals surface area (Å²) >= 11 is 6.35. The van der Waals surface area contributed by atoms with Crippen LogP contribution in [0, 0.1) is 13.8 Å². The van der Waals surface area contributed by atoms with Gasteiger partial charge in [0.05, 0.1) is 10.6 Å². The summed E-state index contributed by atoms with van der Waals surface area (Å²) in [5.74, 6) is -0.101. The minimum Gasteiger partial charge on any atom is -0.507 e. The van der Waals surface area contributed by atoms with Crippen LogP contribution in [0.3, 0.4) is 0 Å². The number of hydrogen-bond donors (Lipinski definition) is 1. The Morgan fingerprint density at radius 2 is 1.61 bits per heavy atom. The summed E-state index contributed by atoms with van der Waals surface area (Å²) in [6.07, 6.45) is 0. The average molecular weight is 259 g/mol. The van der Waals surface area contributed by atoms with Crippen molar-refractivity contribution in [1.82, 2.24) is 0 Å². The lowest BCUT2D eigenvalue weighted by Crippen LogP contribution is -1.98. The minimum absolute atomic E-state index is 0.0492. The monoisotopic (exact) mass is 258 g/mol. The summed E-state index contributed by atoms with van der Waals surface area (Å²) in [5, 5.41) is 10.7. The Bertz CT molecular complexity index is 702. The quantitative estimate of drug-likeness (QED) is 0.665. The molecule has 0 spiro atoms. The molecule has 2 aromatic carbocycles. The van der Waals surface area contributed by atoms with E-state index in [1.807, 2.05) is 25.1 Å². The first kappa shape index (κ1) is 11.3. The summed E-state index contributed by atoms with van der Waals surface area (Å²) < 4.78 is 0. The highest BCUT2D eigenvalue weighted by molar-refractivity contribution is 6.38. The second-order valence-corrected chi connectivity index (χ2v) is 4.92. The molecule has 1 aliphatic carbocycles. The number of carbonyl (C=O) groups excluding carboxylic acids is 1. The number of ketones is 1. The van der Waals surface area contributed by atoms with Crippen molar-refractivity contribution in [2.45, 2.75) is 13.8 Å². The van der Waals surface area contributed by atoms with Crippen LogP contribution in [0.15, 0.2) is 24.3 Å². The van der Waals surface area contributed by atoms with E-state index in [1.165, 1.54) is 0 Å². The molecule has 0 heterocycles. The molecule has 0 aromatic heterocycles. The number of phenolic OH excluding ortho intramolecular Hbond substituents is 1. The lowest BCUT2D eigenvalue weighted by Gasteiger charge is -2.12. The van der Waals surface area contributed by atoms with Gasteiger partial charge in [-0.05, 0) is 30.5 Å². The molecule has 2 aromatic rings. The van der Waals surface area contributed by atoms with Crippen molar-refractivity contribution in [3.63, 3.8) is 0 Å². The maximum atomic E-state index is 12.3. The van der Waals surface area contributed by atoms with Crippen molar-refractivity contribution in [2.24, 2.45) is 0 Å². The van der Waals surface area contributed by atoms with Gasteiger partial charge in [0, 0.05) is 11.1 Å². The molecule has 0 unspecified atom stereocenters. The molecule has 0 fully saturated rings. The molecule has 0 aliphatic heterocycles. The van der Waals surface area contributed by atoms with Gasteiger partial charge >= 0.3 is 0 Å². The van der Waals surface area contributed by atoms with E-state index in [0.29, 0.717) is 27.3 Å². The average Bonchev–Trinajstić information content (AvgIpc) is 2.68. The second kappa shape index (κ2) is 3.59. The van der Waals surface area contributed by atoms with Crippen LogP contribution in [0.25, 0.3) is 11.1 Å². The number of carbonyl (C=O) groups is 1. The van der Waals surface area contributed by atoms with Crippen molar-refractivity contribution in [3.8, 4) is 16.9 Å². The van der Waals surface area contributed by atoms with Crippen LogP contribution in [0.4, 0.5) is 0 Å². The molecule has 0 amide bonds. The molecule has 0 radical (unpaired) electrons. The fourth-order valence-electron chi connectivity index (χ4n) is 2.45. The smallest absolute Gasteiger partial charge is 0.198 e. The number of rotatable bonds is 0. The van der Waals surface area contributed by atoms with E-state index >= 15 is 0 Å². The number of fused-ring (bicyclic) bond motifs is 3. The normalized spacial score (nSPS) is 12.5. The fraction of sp³-hybridized carbons (Fsp3) is 0.133. The molecule has 0 atom stereocenters. The lowest BCUT2D eigenvalue weighted by atomic mass is 9.98. The molecule has 0 bridgehead atoms. The molecule has 90 valence electrons. The van der Waals surface area contributed by atoms with E-state index in [2.05, 4.69) is 0 Å². The number of halogens is 1. The van der Waals surface area contributed by atoms with Gasteiger partial charge in [0.1, 0.15) is 5.75 Å². The summed E-state index contributed by atoms with van der Waals surface area (Å²) in [5.41, 5.74) is 3.90. The van der Waals surface area contributed by atoms with Crippen molar-refractivity contribution < 1.29 is 9.90 Å². The van der Waals surface area contributed by atoms with Gasteiger partial charge in [0.25, 0.3) is 0 Å². The first-order valence-electron chi connectivity index (χ1n) is 5.69. The molecule has 3 heteroatoms. The molecule has 1 aliphatic rings. The Balaban J connectivity index is 2.51. The second-order valence-electron chi connectivity index (χ2n) is 4.54. The third-order valence-electron chi connectivity index (χ3n) is 3.62. The number of phenols is 1. The molecule has 0 saturated carbocycles. The van der Waals surface area contributed by atoms with Crippen molar-refractivity contribution in [1.29, 1.82) is 0 Å². The highest BCUT2D eigenvalue weighted by Crippen LogP contribution is 2.47.